The van der Waals surface area contributed by atoms with Gasteiger partial charge in [0.2, 0.25) is 0 Å². The first-order chi connectivity index (χ1) is 2.00. The molecule has 0 saturated heterocycles. The van der Waals surface area contributed by atoms with E-state index in [9.17, 15) is 0 Å². The van der Waals surface area contributed by atoms with Gasteiger partial charge in [-0.1, -0.05) is 0 Å². The molecule has 8 heavy (non-hydrogen) atoms. The van der Waals surface area contributed by atoms with Gasteiger partial charge in [-0.2, -0.15) is 7.82 Å². The summed E-state index contributed by atoms with van der Waals surface area (Å²) in [5.74, 6) is 0. The van der Waals surface area contributed by atoms with Gasteiger partial charge < -0.3 is 19.2 Å². The van der Waals surface area contributed by atoms with E-state index >= 15 is 0 Å². The molecule has 0 aromatic heterocycles. The Hall–Kier alpha value is 1.75. The van der Waals surface area contributed by atoms with Gasteiger partial charge in [0, 0.05) is 0 Å². The van der Waals surface area contributed by atoms with E-state index in [0.717, 1.165) is 0 Å². The summed E-state index contributed by atoms with van der Waals surface area (Å²) in [6.45, 7) is 0. The van der Waals surface area contributed by atoms with Crippen LogP contribution >= 0.6 is 7.82 Å². The van der Waals surface area contributed by atoms with Crippen molar-refractivity contribution in [3.63, 3.8) is 0 Å². The van der Waals surface area contributed by atoms with Crippen molar-refractivity contribution in [2.75, 3.05) is 0 Å². The van der Waals surface area contributed by atoms with Crippen molar-refractivity contribution < 1.29 is 72.2 Å². The van der Waals surface area contributed by atoms with E-state index in [-0.39, 0.29) is 53.0 Å². The maximum Gasteiger partial charge on any atom is 2.00 e. The molecular weight excluding hydrogens is 214 g/mol. The molecule has 0 spiro atoms. The van der Waals surface area contributed by atoms with Crippen LogP contribution in [0.25, 0.3) is 0 Å². The summed E-state index contributed by atoms with van der Waals surface area (Å²) in [6, 6.07) is 0. The normalized spacial score (nSPS) is 7.38. The van der Waals surface area contributed by atoms with Crippen LogP contribution in [0.4, 0.5) is 0 Å². The Labute approximate surface area is 79.8 Å². The Morgan fingerprint density at radius 1 is 1.00 bits per heavy atom. The van der Waals surface area contributed by atoms with Crippen molar-refractivity contribution in [1.82, 2.24) is 0 Å². The molecule has 0 aliphatic heterocycles. The smallest absolute Gasteiger partial charge is 0.822 e. The molecule has 4 nitrogen and oxygen atoms in total. The van der Waals surface area contributed by atoms with Crippen molar-refractivity contribution in [3.8, 4) is 0 Å². The molecule has 0 bridgehead atoms. The molecule has 0 rings (SSSR count). The summed E-state index contributed by atoms with van der Waals surface area (Å²) < 4.78 is 8.55. The Morgan fingerprint density at radius 3 is 1.00 bits per heavy atom. The van der Waals surface area contributed by atoms with E-state index in [4.69, 9.17) is 19.2 Å². The summed E-state index contributed by atoms with van der Waals surface area (Å²) >= 11 is 0. The zero-order valence-electron chi connectivity index (χ0n) is 3.79. The third-order valence-corrected chi connectivity index (χ3v) is 0. The van der Waals surface area contributed by atoms with Gasteiger partial charge >= 0.3 is 53.0 Å². The average Bonchev–Trinajstić information content (AvgIpc) is 0.722. The van der Waals surface area contributed by atoms with Crippen LogP contribution in [-0.4, -0.2) is 0 Å². The quantitative estimate of drug-likeness (QED) is 0.296. The second kappa shape index (κ2) is 8.75. The van der Waals surface area contributed by atoms with Gasteiger partial charge in [-0.05, 0) is 0 Å². The van der Waals surface area contributed by atoms with Crippen molar-refractivity contribution >= 4 is 7.82 Å². The summed E-state index contributed by atoms with van der Waals surface area (Å²) in [7, 11) is -5.39. The van der Waals surface area contributed by atoms with Crippen LogP contribution in [0.1, 0.15) is 0 Å². The third-order valence-electron chi connectivity index (χ3n) is 0. The summed E-state index contributed by atoms with van der Waals surface area (Å²) in [4.78, 5) is 25.6. The molecular formula is Fe2LiO4P+2. The fraction of sp³-hybridized carbons (Fsp3) is 0. The molecule has 0 fully saturated rings. The predicted octanol–water partition coefficient (Wildman–Crippen LogP) is -5.83. The van der Waals surface area contributed by atoms with Crippen molar-refractivity contribution in [1.29, 1.82) is 0 Å². The third kappa shape index (κ3) is 116. The zero-order chi connectivity index (χ0) is 4.50. The van der Waals surface area contributed by atoms with E-state index in [1.807, 2.05) is 0 Å². The first-order valence-electron chi connectivity index (χ1n) is 0.730. The fourth-order valence-electron chi connectivity index (χ4n) is 0. The number of phosphoric acid groups is 1. The first-order valence-corrected chi connectivity index (χ1v) is 2.19. The molecule has 0 aromatic carbocycles. The number of hydrogen-bond donors (Lipinski definition) is 0. The van der Waals surface area contributed by atoms with Crippen LogP contribution in [0.3, 0.4) is 0 Å². The average molecular weight is 214 g/mol. The van der Waals surface area contributed by atoms with Crippen molar-refractivity contribution in [3.05, 3.63) is 0 Å². The number of hydrogen-bond acceptors (Lipinski definition) is 4. The summed E-state index contributed by atoms with van der Waals surface area (Å²) in [5.41, 5.74) is 0. The molecule has 0 atom stereocenters. The molecule has 0 aromatic rings. The molecule has 0 N–H and O–H groups in total. The topological polar surface area (TPSA) is 86.2 Å². The molecule has 0 radical (unpaired) electrons. The minimum Gasteiger partial charge on any atom is -0.822 e. The maximum atomic E-state index is 8.55. The Bertz CT molecular complexity index is 60.2. The van der Waals surface area contributed by atoms with Crippen LogP contribution < -0.4 is 33.5 Å². The SMILES string of the molecule is O=P([O-])([O-])[O-].[Fe+2].[Fe+2].[Li+]. The Morgan fingerprint density at radius 2 is 1.00 bits per heavy atom. The number of rotatable bonds is 0. The van der Waals surface area contributed by atoms with Gasteiger partial charge in [-0.15, -0.1) is 0 Å². The van der Waals surface area contributed by atoms with Gasteiger partial charge in [0.25, 0.3) is 0 Å². The van der Waals surface area contributed by atoms with Crippen molar-refractivity contribution in [2.24, 2.45) is 0 Å². The molecule has 0 unspecified atom stereocenters. The molecule has 44 valence electrons. The van der Waals surface area contributed by atoms with E-state index in [1.54, 1.807) is 0 Å². The Balaban J connectivity index is -0.0000000267. The second-order valence-electron chi connectivity index (χ2n) is 0.447. The first kappa shape index (κ1) is 22.6. The molecule has 0 aliphatic rings. The minimum absolute atomic E-state index is 0. The van der Waals surface area contributed by atoms with Gasteiger partial charge in [0.05, 0.1) is 0 Å². The standard InChI is InChI=1S/2Fe.Li.H3O4P/c;;;1-5(2,3)4/h;;;(H3,1,2,3,4)/q2*+2;+1;/p-3. The summed E-state index contributed by atoms with van der Waals surface area (Å²) in [6.07, 6.45) is 0. The second-order valence-corrected chi connectivity index (χ2v) is 1.34. The maximum absolute atomic E-state index is 8.55. The van der Waals surface area contributed by atoms with E-state index in [0.29, 0.717) is 0 Å². The Kier molecular flexibility index (Phi) is 24.7. The van der Waals surface area contributed by atoms with Gasteiger partial charge in [0.1, 0.15) is 0 Å². The summed E-state index contributed by atoms with van der Waals surface area (Å²) in [5, 5.41) is 0. The molecule has 0 heterocycles. The minimum atomic E-state index is -5.39. The molecule has 0 saturated carbocycles. The predicted molar refractivity (Wildman–Crippen MR) is 7.61 cm³/mol. The van der Waals surface area contributed by atoms with E-state index in [1.165, 1.54) is 0 Å². The fourth-order valence-corrected chi connectivity index (χ4v) is 0. The van der Waals surface area contributed by atoms with Crippen molar-refractivity contribution in [2.45, 2.75) is 0 Å². The van der Waals surface area contributed by atoms with Gasteiger partial charge in [0.15, 0.2) is 0 Å². The van der Waals surface area contributed by atoms with Crippen LogP contribution in [0.5, 0.6) is 0 Å². The van der Waals surface area contributed by atoms with Crippen LogP contribution in [-0.2, 0) is 38.7 Å². The van der Waals surface area contributed by atoms with E-state index < -0.39 is 7.82 Å². The molecule has 0 amide bonds. The van der Waals surface area contributed by atoms with E-state index in [2.05, 4.69) is 0 Å². The molecule has 8 heteroatoms. The van der Waals surface area contributed by atoms with Crippen LogP contribution in [0, 0.1) is 0 Å². The van der Waals surface area contributed by atoms with Crippen LogP contribution in [0.2, 0.25) is 0 Å². The van der Waals surface area contributed by atoms with Crippen LogP contribution in [0.15, 0.2) is 0 Å². The van der Waals surface area contributed by atoms with Gasteiger partial charge in [-0.3, -0.25) is 0 Å². The largest absolute Gasteiger partial charge is 2.00 e. The molecule has 0 aliphatic carbocycles. The zero-order valence-corrected chi connectivity index (χ0v) is 6.89. The van der Waals surface area contributed by atoms with Gasteiger partial charge in [-0.25, -0.2) is 0 Å². The monoisotopic (exact) mass is 214 g/mol.